The molecule has 12 heteroatoms. The molecule has 0 spiro atoms. The van der Waals surface area contributed by atoms with Gasteiger partial charge < -0.3 is 30.5 Å². The molecule has 1 aliphatic rings. The molecule has 6 N–H and O–H groups in total. The Balaban J connectivity index is 1.49. The van der Waals surface area contributed by atoms with E-state index in [-0.39, 0.29) is 17.4 Å². The minimum atomic E-state index is -1.28. The molecule has 0 saturated carbocycles. The molecule has 0 amide bonds. The fourth-order valence-electron chi connectivity index (χ4n) is 3.29. The number of rotatable bonds is 7. The van der Waals surface area contributed by atoms with Gasteiger partial charge in [-0.05, 0) is 23.8 Å². The Morgan fingerprint density at radius 3 is 2.72 bits per heavy atom. The lowest BCUT2D eigenvalue weighted by Crippen LogP contribution is -2.33. The maximum atomic E-state index is 10.3. The van der Waals surface area contributed by atoms with Crippen LogP contribution in [0.3, 0.4) is 0 Å². The maximum absolute atomic E-state index is 10.3. The van der Waals surface area contributed by atoms with Crippen LogP contribution in [-0.4, -0.2) is 73.1 Å². The number of aliphatic hydroxyl groups excluding tert-OH is 3. The van der Waals surface area contributed by atoms with Crippen LogP contribution in [0.15, 0.2) is 41.8 Å². The van der Waals surface area contributed by atoms with Crippen molar-refractivity contribution in [2.24, 2.45) is 5.10 Å². The molecule has 4 rings (SSSR count). The molecule has 1 saturated heterocycles. The van der Waals surface area contributed by atoms with E-state index in [9.17, 15) is 15.3 Å². The zero-order chi connectivity index (χ0) is 22.7. The SMILES string of the molecule is COc1ccc(/C=C/C=N/Nc2nc(N)c3ncn(C4OC(CO)C(O)C4O)c3n2)cc1. The number of fused-ring (bicyclic) bond motifs is 1. The summed E-state index contributed by atoms with van der Waals surface area (Å²) in [5.74, 6) is 0.989. The van der Waals surface area contributed by atoms with Crippen LogP contribution in [0.4, 0.5) is 11.8 Å². The zero-order valence-corrected chi connectivity index (χ0v) is 17.1. The second-order valence-electron chi connectivity index (χ2n) is 7.01. The Kier molecular flexibility index (Phi) is 6.28. The van der Waals surface area contributed by atoms with Gasteiger partial charge >= 0.3 is 0 Å². The number of hydrogen-bond acceptors (Lipinski definition) is 11. The molecule has 3 heterocycles. The van der Waals surface area contributed by atoms with Crippen molar-refractivity contribution in [3.05, 3.63) is 42.2 Å². The Morgan fingerprint density at radius 1 is 1.25 bits per heavy atom. The molecule has 12 nitrogen and oxygen atoms in total. The standard InChI is InChI=1S/C20H23N7O5/c1-31-12-6-4-11(5-7-12)3-2-8-23-26-20-24-17(21)14-18(25-20)27(10-22-14)19-16(30)15(29)13(9-28)32-19/h2-8,10,13,15-16,19,28-30H,9H2,1H3,(H3,21,24,25,26)/b3-2+,23-8+. The van der Waals surface area contributed by atoms with Gasteiger partial charge in [0.05, 0.1) is 20.0 Å². The van der Waals surface area contributed by atoms with Crippen molar-refractivity contribution < 1.29 is 24.8 Å². The summed E-state index contributed by atoms with van der Waals surface area (Å²) in [5, 5.41) is 33.7. The average molecular weight is 441 g/mol. The van der Waals surface area contributed by atoms with Gasteiger partial charge in [-0.25, -0.2) is 10.4 Å². The third-order valence-corrected chi connectivity index (χ3v) is 4.97. The third-order valence-electron chi connectivity index (χ3n) is 4.97. The van der Waals surface area contributed by atoms with Crippen molar-refractivity contribution in [2.45, 2.75) is 24.5 Å². The molecule has 1 aliphatic heterocycles. The molecule has 1 fully saturated rings. The molecule has 2 aromatic heterocycles. The first-order valence-electron chi connectivity index (χ1n) is 9.74. The van der Waals surface area contributed by atoms with E-state index in [2.05, 4.69) is 25.5 Å². The summed E-state index contributed by atoms with van der Waals surface area (Å²) in [6.07, 6.45) is 2.05. The number of nitrogens with zero attached hydrogens (tertiary/aromatic N) is 5. The number of hydrazone groups is 1. The monoisotopic (exact) mass is 441 g/mol. The molecule has 0 aliphatic carbocycles. The Hall–Kier alpha value is -3.58. The van der Waals surface area contributed by atoms with Crippen molar-refractivity contribution in [1.29, 1.82) is 0 Å². The number of nitrogens with two attached hydrogens (primary N) is 1. The first kappa shape index (κ1) is 21.6. The molecule has 0 bridgehead atoms. The second-order valence-corrected chi connectivity index (χ2v) is 7.01. The Bertz CT molecular complexity index is 1130. The van der Waals surface area contributed by atoms with Crippen LogP contribution in [0.5, 0.6) is 5.75 Å². The van der Waals surface area contributed by atoms with Gasteiger partial charge in [-0.3, -0.25) is 4.57 Å². The summed E-state index contributed by atoms with van der Waals surface area (Å²) in [4.78, 5) is 12.6. The smallest absolute Gasteiger partial charge is 0.247 e. The van der Waals surface area contributed by atoms with Crippen molar-refractivity contribution in [2.75, 3.05) is 24.9 Å². The molecule has 1 aromatic carbocycles. The van der Waals surface area contributed by atoms with Crippen molar-refractivity contribution >= 4 is 35.2 Å². The van der Waals surface area contributed by atoms with Gasteiger partial charge in [0.1, 0.15) is 29.6 Å². The molecule has 4 atom stereocenters. The van der Waals surface area contributed by atoms with Gasteiger partial charge in [0.25, 0.3) is 0 Å². The van der Waals surface area contributed by atoms with Gasteiger partial charge in [0.2, 0.25) is 5.95 Å². The molecule has 32 heavy (non-hydrogen) atoms. The average Bonchev–Trinajstić information content (AvgIpc) is 3.35. The number of benzene rings is 1. The Morgan fingerprint density at radius 2 is 2.03 bits per heavy atom. The van der Waals surface area contributed by atoms with Crippen LogP contribution in [0.1, 0.15) is 11.8 Å². The first-order chi connectivity index (χ1) is 15.5. The topological polar surface area (TPSA) is 173 Å². The number of ether oxygens (including phenoxy) is 2. The number of imidazole rings is 1. The predicted molar refractivity (Wildman–Crippen MR) is 117 cm³/mol. The normalized spacial score (nSPS) is 23.5. The van der Waals surface area contributed by atoms with Crippen LogP contribution in [-0.2, 0) is 4.74 Å². The summed E-state index contributed by atoms with van der Waals surface area (Å²) >= 11 is 0. The molecular weight excluding hydrogens is 418 g/mol. The minimum Gasteiger partial charge on any atom is -0.497 e. The van der Waals surface area contributed by atoms with E-state index in [4.69, 9.17) is 15.2 Å². The lowest BCUT2D eigenvalue weighted by atomic mass is 10.1. The first-order valence-corrected chi connectivity index (χ1v) is 9.74. The van der Waals surface area contributed by atoms with Crippen LogP contribution < -0.4 is 15.9 Å². The summed E-state index contributed by atoms with van der Waals surface area (Å²) in [7, 11) is 1.61. The highest BCUT2D eigenvalue weighted by atomic mass is 16.6. The number of nitrogen functional groups attached to an aromatic ring is 1. The van der Waals surface area contributed by atoms with E-state index in [1.165, 1.54) is 17.1 Å². The summed E-state index contributed by atoms with van der Waals surface area (Å²) in [5.41, 5.74) is 10.2. The number of nitrogens with one attached hydrogen (secondary N) is 1. The van der Waals surface area contributed by atoms with E-state index in [0.717, 1.165) is 11.3 Å². The summed E-state index contributed by atoms with van der Waals surface area (Å²) in [6.45, 7) is -0.440. The van der Waals surface area contributed by atoms with E-state index < -0.39 is 31.1 Å². The molecule has 0 radical (unpaired) electrons. The highest BCUT2D eigenvalue weighted by Crippen LogP contribution is 2.32. The van der Waals surface area contributed by atoms with Crippen LogP contribution in [0.25, 0.3) is 17.2 Å². The number of methoxy groups -OCH3 is 1. The predicted octanol–water partition coefficient (Wildman–Crippen LogP) is 0.140. The third kappa shape index (κ3) is 4.24. The highest BCUT2D eigenvalue weighted by Gasteiger charge is 2.44. The fraction of sp³-hybridized carbons (Fsp3) is 0.300. The lowest BCUT2D eigenvalue weighted by molar-refractivity contribution is -0.0511. The fourth-order valence-corrected chi connectivity index (χ4v) is 3.29. The van der Waals surface area contributed by atoms with Crippen molar-refractivity contribution in [3.8, 4) is 5.75 Å². The van der Waals surface area contributed by atoms with Crippen LogP contribution >= 0.6 is 0 Å². The minimum absolute atomic E-state index is 0.104. The summed E-state index contributed by atoms with van der Waals surface area (Å²) < 4.78 is 12.1. The van der Waals surface area contributed by atoms with Gasteiger partial charge in [0.15, 0.2) is 17.7 Å². The molecule has 4 unspecified atom stereocenters. The quantitative estimate of drug-likeness (QED) is 0.251. The lowest BCUT2D eigenvalue weighted by Gasteiger charge is -2.16. The van der Waals surface area contributed by atoms with E-state index >= 15 is 0 Å². The van der Waals surface area contributed by atoms with Gasteiger partial charge in [-0.1, -0.05) is 18.2 Å². The molecular formula is C20H23N7O5. The largest absolute Gasteiger partial charge is 0.497 e. The highest BCUT2D eigenvalue weighted by molar-refractivity contribution is 5.83. The number of allylic oxidation sites excluding steroid dienone is 1. The van der Waals surface area contributed by atoms with Gasteiger partial charge in [0, 0.05) is 6.21 Å². The number of aliphatic hydroxyl groups is 3. The van der Waals surface area contributed by atoms with Crippen LogP contribution in [0, 0.1) is 0 Å². The van der Waals surface area contributed by atoms with E-state index in [0.29, 0.717) is 5.52 Å². The van der Waals surface area contributed by atoms with E-state index in [1.807, 2.05) is 30.3 Å². The second kappa shape index (κ2) is 9.28. The van der Waals surface area contributed by atoms with Gasteiger partial charge in [-0.2, -0.15) is 15.1 Å². The molecule has 3 aromatic rings. The van der Waals surface area contributed by atoms with Crippen LogP contribution in [0.2, 0.25) is 0 Å². The van der Waals surface area contributed by atoms with Crippen molar-refractivity contribution in [1.82, 2.24) is 19.5 Å². The van der Waals surface area contributed by atoms with Crippen molar-refractivity contribution in [3.63, 3.8) is 0 Å². The van der Waals surface area contributed by atoms with Gasteiger partial charge in [-0.15, -0.1) is 0 Å². The van der Waals surface area contributed by atoms with E-state index in [1.54, 1.807) is 13.2 Å². The zero-order valence-electron chi connectivity index (χ0n) is 17.1. The number of anilines is 2. The molecule has 168 valence electrons. The Labute approximate surface area is 182 Å². The number of hydrogen-bond donors (Lipinski definition) is 5. The summed E-state index contributed by atoms with van der Waals surface area (Å²) in [6, 6.07) is 7.54. The maximum Gasteiger partial charge on any atom is 0.247 e. The number of aromatic nitrogens is 4.